The molecule has 0 saturated carbocycles. The second-order valence-corrected chi connectivity index (χ2v) is 4.57. The molecule has 0 aliphatic heterocycles. The largest absolute Gasteiger partial charge is 0.290 e. The van der Waals surface area contributed by atoms with Gasteiger partial charge in [-0.3, -0.25) is 9.59 Å². The van der Waals surface area contributed by atoms with Gasteiger partial charge >= 0.3 is 0 Å². The van der Waals surface area contributed by atoms with Gasteiger partial charge in [0.2, 0.25) is 0 Å². The van der Waals surface area contributed by atoms with Crippen molar-refractivity contribution in [2.75, 3.05) is 0 Å². The van der Waals surface area contributed by atoms with E-state index in [1.807, 2.05) is 54.6 Å². The van der Waals surface area contributed by atoms with Crippen molar-refractivity contribution < 1.29 is 9.59 Å². The summed E-state index contributed by atoms with van der Waals surface area (Å²) in [4.78, 5) is 23.5. The standard InChI is InChI=1S/C18H12O2/c19-14-10-11-18(20)17(12-14)16-9-5-4-8-15(16)13-6-2-1-3-7-13/h1-12H. The molecule has 0 saturated heterocycles. The quantitative estimate of drug-likeness (QED) is 0.775. The average molecular weight is 260 g/mol. The van der Waals surface area contributed by atoms with E-state index in [-0.39, 0.29) is 11.6 Å². The first kappa shape index (κ1) is 12.3. The molecule has 0 N–H and O–H groups in total. The smallest absolute Gasteiger partial charge is 0.186 e. The zero-order valence-electron chi connectivity index (χ0n) is 10.7. The minimum absolute atomic E-state index is 0.131. The van der Waals surface area contributed by atoms with Gasteiger partial charge in [-0.05, 0) is 34.9 Å². The molecule has 0 fully saturated rings. The Labute approximate surface area is 117 Å². The summed E-state index contributed by atoms with van der Waals surface area (Å²) in [7, 11) is 0. The number of hydrogen-bond acceptors (Lipinski definition) is 2. The molecule has 2 aromatic rings. The minimum atomic E-state index is -0.150. The lowest BCUT2D eigenvalue weighted by molar-refractivity contribution is -0.113. The Balaban J connectivity index is 2.17. The topological polar surface area (TPSA) is 34.1 Å². The summed E-state index contributed by atoms with van der Waals surface area (Å²) in [5.41, 5.74) is 3.23. The van der Waals surface area contributed by atoms with Gasteiger partial charge in [-0.1, -0.05) is 54.6 Å². The third kappa shape index (κ3) is 2.24. The summed E-state index contributed by atoms with van der Waals surface area (Å²) >= 11 is 0. The van der Waals surface area contributed by atoms with E-state index >= 15 is 0 Å². The second kappa shape index (κ2) is 5.10. The number of carbonyl (C=O) groups excluding carboxylic acids is 2. The zero-order valence-corrected chi connectivity index (χ0v) is 10.7. The van der Waals surface area contributed by atoms with E-state index < -0.39 is 0 Å². The Morgan fingerprint density at radius 1 is 0.650 bits per heavy atom. The molecule has 0 bridgehead atoms. The molecule has 0 spiro atoms. The summed E-state index contributed by atoms with van der Waals surface area (Å²) in [6.07, 6.45) is 4.04. The molecule has 0 unspecified atom stereocenters. The Kier molecular flexibility index (Phi) is 3.13. The van der Waals surface area contributed by atoms with Crippen LogP contribution in [0.3, 0.4) is 0 Å². The van der Waals surface area contributed by atoms with Gasteiger partial charge < -0.3 is 0 Å². The fraction of sp³-hybridized carbons (Fsp3) is 0. The van der Waals surface area contributed by atoms with Crippen LogP contribution >= 0.6 is 0 Å². The summed E-state index contributed by atoms with van der Waals surface area (Å²) < 4.78 is 0. The highest BCUT2D eigenvalue weighted by Crippen LogP contribution is 2.30. The minimum Gasteiger partial charge on any atom is -0.290 e. The SMILES string of the molecule is O=C1C=CC(=O)C(c2ccccc2-c2ccccc2)=C1. The highest BCUT2D eigenvalue weighted by molar-refractivity contribution is 6.34. The molecule has 96 valence electrons. The first-order valence-corrected chi connectivity index (χ1v) is 6.38. The van der Waals surface area contributed by atoms with E-state index in [4.69, 9.17) is 0 Å². The van der Waals surface area contributed by atoms with Crippen LogP contribution in [0.25, 0.3) is 16.7 Å². The third-order valence-corrected chi connectivity index (χ3v) is 3.25. The summed E-state index contributed by atoms with van der Waals surface area (Å²) in [6.45, 7) is 0. The Morgan fingerprint density at radius 3 is 2.05 bits per heavy atom. The van der Waals surface area contributed by atoms with Crippen LogP contribution in [0.4, 0.5) is 0 Å². The van der Waals surface area contributed by atoms with E-state index in [1.54, 1.807) is 0 Å². The predicted molar refractivity (Wildman–Crippen MR) is 79.0 cm³/mol. The van der Waals surface area contributed by atoms with Gasteiger partial charge in [0.05, 0.1) is 0 Å². The van der Waals surface area contributed by atoms with Gasteiger partial charge in [0.25, 0.3) is 0 Å². The zero-order chi connectivity index (χ0) is 13.9. The summed E-state index contributed by atoms with van der Waals surface area (Å²) in [5, 5.41) is 0. The van der Waals surface area contributed by atoms with Crippen LogP contribution < -0.4 is 0 Å². The molecule has 3 rings (SSSR count). The van der Waals surface area contributed by atoms with Crippen molar-refractivity contribution in [2.45, 2.75) is 0 Å². The Bertz CT molecular complexity index is 737. The van der Waals surface area contributed by atoms with Crippen LogP contribution in [0.2, 0.25) is 0 Å². The molecular weight excluding hydrogens is 248 g/mol. The fourth-order valence-corrected chi connectivity index (χ4v) is 2.31. The maximum absolute atomic E-state index is 12.0. The van der Waals surface area contributed by atoms with Crippen LogP contribution in [0.15, 0.2) is 72.8 Å². The van der Waals surface area contributed by atoms with Crippen LogP contribution in [-0.2, 0) is 9.59 Å². The van der Waals surface area contributed by atoms with Gasteiger partial charge in [0.1, 0.15) is 0 Å². The lowest BCUT2D eigenvalue weighted by Crippen LogP contribution is -2.07. The van der Waals surface area contributed by atoms with Crippen molar-refractivity contribution >= 4 is 17.1 Å². The van der Waals surface area contributed by atoms with Crippen LogP contribution in [0.1, 0.15) is 5.56 Å². The van der Waals surface area contributed by atoms with Crippen molar-refractivity contribution in [3.05, 3.63) is 78.4 Å². The maximum Gasteiger partial charge on any atom is 0.186 e. The molecule has 2 nitrogen and oxygen atoms in total. The predicted octanol–water partition coefficient (Wildman–Crippen LogP) is 3.45. The molecule has 0 amide bonds. The van der Waals surface area contributed by atoms with Crippen molar-refractivity contribution in [1.29, 1.82) is 0 Å². The maximum atomic E-state index is 12.0. The van der Waals surface area contributed by atoms with Crippen molar-refractivity contribution in [3.8, 4) is 11.1 Å². The van der Waals surface area contributed by atoms with Gasteiger partial charge in [-0.25, -0.2) is 0 Å². The molecular formula is C18H12O2. The van der Waals surface area contributed by atoms with Gasteiger partial charge in [-0.15, -0.1) is 0 Å². The lowest BCUT2D eigenvalue weighted by atomic mass is 9.90. The van der Waals surface area contributed by atoms with Crippen molar-refractivity contribution in [3.63, 3.8) is 0 Å². The molecule has 1 aliphatic rings. The summed E-state index contributed by atoms with van der Waals surface area (Å²) in [6, 6.07) is 17.5. The average Bonchev–Trinajstić information content (AvgIpc) is 2.51. The first-order chi connectivity index (χ1) is 9.75. The van der Waals surface area contributed by atoms with Crippen LogP contribution in [-0.4, -0.2) is 11.6 Å². The van der Waals surface area contributed by atoms with Crippen LogP contribution in [0, 0.1) is 0 Å². The van der Waals surface area contributed by atoms with Gasteiger partial charge in [0.15, 0.2) is 11.6 Å². The highest BCUT2D eigenvalue weighted by atomic mass is 16.1. The molecule has 0 atom stereocenters. The monoisotopic (exact) mass is 260 g/mol. The number of ketones is 2. The number of allylic oxidation sites excluding steroid dienone is 4. The molecule has 1 aliphatic carbocycles. The highest BCUT2D eigenvalue weighted by Gasteiger charge is 2.18. The molecule has 0 radical (unpaired) electrons. The van der Waals surface area contributed by atoms with Crippen molar-refractivity contribution in [2.24, 2.45) is 0 Å². The van der Waals surface area contributed by atoms with E-state index in [9.17, 15) is 9.59 Å². The summed E-state index contributed by atoms with van der Waals surface area (Å²) in [5.74, 6) is -0.282. The molecule has 2 aromatic carbocycles. The first-order valence-electron chi connectivity index (χ1n) is 6.38. The van der Waals surface area contributed by atoms with E-state index in [2.05, 4.69) is 0 Å². The normalized spacial score (nSPS) is 14.3. The number of hydrogen-bond donors (Lipinski definition) is 0. The Morgan fingerprint density at radius 2 is 1.30 bits per heavy atom. The van der Waals surface area contributed by atoms with Crippen LogP contribution in [0.5, 0.6) is 0 Å². The van der Waals surface area contributed by atoms with E-state index in [0.29, 0.717) is 5.57 Å². The van der Waals surface area contributed by atoms with Crippen molar-refractivity contribution in [1.82, 2.24) is 0 Å². The molecule has 20 heavy (non-hydrogen) atoms. The molecule has 0 aromatic heterocycles. The third-order valence-electron chi connectivity index (χ3n) is 3.25. The lowest BCUT2D eigenvalue weighted by Gasteiger charge is -2.12. The van der Waals surface area contributed by atoms with Gasteiger partial charge in [-0.2, -0.15) is 0 Å². The molecule has 2 heteroatoms. The number of carbonyl (C=O) groups is 2. The molecule has 0 heterocycles. The van der Waals surface area contributed by atoms with E-state index in [1.165, 1.54) is 18.2 Å². The van der Waals surface area contributed by atoms with Gasteiger partial charge in [0, 0.05) is 5.57 Å². The Hall–Kier alpha value is -2.74. The number of rotatable bonds is 2. The number of benzene rings is 2. The fourth-order valence-electron chi connectivity index (χ4n) is 2.31. The second-order valence-electron chi connectivity index (χ2n) is 4.57. The van der Waals surface area contributed by atoms with E-state index in [0.717, 1.165) is 16.7 Å².